The van der Waals surface area contributed by atoms with E-state index < -0.39 is 11.4 Å². The second-order valence-corrected chi connectivity index (χ2v) is 5.87. The number of benzene rings is 1. The number of H-pyrrole nitrogens is 1. The van der Waals surface area contributed by atoms with Gasteiger partial charge in [0.25, 0.3) is 5.56 Å². The van der Waals surface area contributed by atoms with Gasteiger partial charge in [-0.05, 0) is 44.6 Å². The van der Waals surface area contributed by atoms with E-state index in [9.17, 15) is 14.4 Å². The molecule has 0 amide bonds. The number of hydrogen-bond donors (Lipinski definition) is 2. The average Bonchev–Trinajstić information content (AvgIpc) is 2.44. The number of nitrogens with one attached hydrogen (secondary N) is 1. The number of hydrogen-bond acceptors (Lipinski definition) is 4. The molecule has 0 aliphatic carbocycles. The molecule has 1 heterocycles. The van der Waals surface area contributed by atoms with Crippen LogP contribution in [0.15, 0.2) is 21.4 Å². The Labute approximate surface area is 140 Å². The van der Waals surface area contributed by atoms with Gasteiger partial charge in [0.05, 0.1) is 8.04 Å². The lowest BCUT2D eigenvalue weighted by Crippen LogP contribution is -2.16. The number of nitrogen functional groups attached to an aromatic ring is 1. The predicted octanol–water partition coefficient (Wildman–Crippen LogP) is 2.87. The van der Waals surface area contributed by atoms with Gasteiger partial charge in [-0.3, -0.25) is 4.79 Å². The molecule has 5 nitrogen and oxygen atoms in total. The van der Waals surface area contributed by atoms with Crippen LogP contribution in [0.4, 0.5) is 10.2 Å². The van der Waals surface area contributed by atoms with Crippen LogP contribution in [0.1, 0.15) is 11.1 Å². The van der Waals surface area contributed by atoms with Crippen LogP contribution in [0, 0.1) is 32.0 Å². The van der Waals surface area contributed by atoms with Crippen molar-refractivity contribution >= 4 is 44.3 Å². The third kappa shape index (κ3) is 2.52. The number of rotatable bonds is 1. The van der Waals surface area contributed by atoms with E-state index in [-0.39, 0.29) is 36.1 Å². The van der Waals surface area contributed by atoms with E-state index in [0.29, 0.717) is 0 Å². The Kier molecular flexibility index (Phi) is 4.30. The molecule has 104 valence electrons. The van der Waals surface area contributed by atoms with Crippen LogP contribution in [0.3, 0.4) is 0 Å². The Morgan fingerprint density at radius 2 is 1.90 bits per heavy atom. The highest BCUT2D eigenvalue weighted by Gasteiger charge is 2.21. The van der Waals surface area contributed by atoms with Crippen molar-refractivity contribution in [1.82, 2.24) is 4.98 Å². The molecule has 0 unspecified atom stereocenters. The van der Waals surface area contributed by atoms with Gasteiger partial charge in [0.2, 0.25) is 0 Å². The maximum absolute atomic E-state index is 14.0. The Hall–Kier alpha value is -1.91. The first kappa shape index (κ1) is 15.5. The van der Waals surface area contributed by atoms with E-state index in [1.165, 1.54) is 12.1 Å². The molecule has 1 aromatic carbocycles. The SMILES string of the molecule is N#Cc1c(N)[nH]c(=O)c(C#N)c1-c1ccc(Br)c(F)c1I. The number of nitriles is 2. The van der Waals surface area contributed by atoms with Crippen molar-refractivity contribution in [2.45, 2.75) is 0 Å². The van der Waals surface area contributed by atoms with Crippen molar-refractivity contribution < 1.29 is 4.39 Å². The van der Waals surface area contributed by atoms with Gasteiger partial charge in [-0.15, -0.1) is 0 Å². The Balaban J connectivity index is 3.01. The summed E-state index contributed by atoms with van der Waals surface area (Å²) in [6, 6.07) is 6.54. The molecule has 0 spiro atoms. The van der Waals surface area contributed by atoms with Gasteiger partial charge < -0.3 is 10.7 Å². The first-order valence-electron chi connectivity index (χ1n) is 5.42. The maximum Gasteiger partial charge on any atom is 0.268 e. The Bertz CT molecular complexity index is 895. The molecule has 0 fully saturated rings. The van der Waals surface area contributed by atoms with Crippen LogP contribution < -0.4 is 11.3 Å². The van der Waals surface area contributed by atoms with Crippen LogP contribution >= 0.6 is 38.5 Å². The fourth-order valence-corrected chi connectivity index (χ4v) is 3.27. The third-order valence-electron chi connectivity index (χ3n) is 2.77. The topological polar surface area (TPSA) is 106 Å². The van der Waals surface area contributed by atoms with E-state index in [2.05, 4.69) is 20.9 Å². The minimum absolute atomic E-state index is 0.0389. The molecule has 3 N–H and O–H groups in total. The summed E-state index contributed by atoms with van der Waals surface area (Å²) >= 11 is 4.80. The number of nitrogens with two attached hydrogens (primary N) is 1. The lowest BCUT2D eigenvalue weighted by Gasteiger charge is -2.11. The highest BCUT2D eigenvalue weighted by molar-refractivity contribution is 14.1. The minimum atomic E-state index is -0.719. The smallest absolute Gasteiger partial charge is 0.268 e. The number of anilines is 1. The number of halogens is 3. The number of aromatic nitrogens is 1. The van der Waals surface area contributed by atoms with Crippen LogP contribution in [-0.2, 0) is 0 Å². The monoisotopic (exact) mass is 458 g/mol. The van der Waals surface area contributed by atoms with Gasteiger partial charge in [-0.25, -0.2) is 4.39 Å². The maximum atomic E-state index is 14.0. The molecule has 2 aromatic rings. The molecule has 0 saturated heterocycles. The Morgan fingerprint density at radius 1 is 1.29 bits per heavy atom. The highest BCUT2D eigenvalue weighted by Crippen LogP contribution is 2.35. The summed E-state index contributed by atoms with van der Waals surface area (Å²) in [7, 11) is 0. The molecule has 0 atom stereocenters. The van der Waals surface area contributed by atoms with E-state index in [1.807, 2.05) is 6.07 Å². The summed E-state index contributed by atoms with van der Waals surface area (Å²) in [6.45, 7) is 0. The molecule has 0 saturated carbocycles. The summed E-state index contributed by atoms with van der Waals surface area (Å²) in [4.78, 5) is 14.1. The van der Waals surface area contributed by atoms with Crippen molar-refractivity contribution in [3.05, 3.63) is 47.5 Å². The molecule has 1 aromatic heterocycles. The number of pyridine rings is 1. The number of nitrogens with zero attached hydrogens (tertiary/aromatic N) is 2. The zero-order valence-electron chi connectivity index (χ0n) is 10.2. The summed E-state index contributed by atoms with van der Waals surface area (Å²) in [5, 5.41) is 18.4. The highest BCUT2D eigenvalue weighted by atomic mass is 127. The molecular weight excluding hydrogens is 454 g/mol. The summed E-state index contributed by atoms with van der Waals surface area (Å²) in [5.74, 6) is -0.699. The minimum Gasteiger partial charge on any atom is -0.384 e. The second-order valence-electron chi connectivity index (χ2n) is 3.94. The number of aromatic amines is 1. The summed E-state index contributed by atoms with van der Waals surface area (Å²) < 4.78 is 14.4. The average molecular weight is 459 g/mol. The van der Waals surface area contributed by atoms with E-state index >= 15 is 0 Å². The van der Waals surface area contributed by atoms with E-state index in [4.69, 9.17) is 11.0 Å². The second kappa shape index (κ2) is 5.84. The molecule has 8 heteroatoms. The zero-order valence-corrected chi connectivity index (χ0v) is 13.9. The van der Waals surface area contributed by atoms with Crippen molar-refractivity contribution in [2.24, 2.45) is 0 Å². The van der Waals surface area contributed by atoms with Gasteiger partial charge in [-0.1, -0.05) is 6.07 Å². The van der Waals surface area contributed by atoms with Crippen molar-refractivity contribution in [2.75, 3.05) is 5.73 Å². The molecule has 2 rings (SSSR count). The molecule has 0 aliphatic heterocycles. The van der Waals surface area contributed by atoms with Crippen molar-refractivity contribution in [3.8, 4) is 23.3 Å². The van der Waals surface area contributed by atoms with E-state index in [0.717, 1.165) is 0 Å². The summed E-state index contributed by atoms with van der Waals surface area (Å²) in [6.07, 6.45) is 0. The first-order chi connectivity index (χ1) is 9.92. The lowest BCUT2D eigenvalue weighted by atomic mass is 9.96. The fraction of sp³-hybridized carbons (Fsp3) is 0. The molecule has 0 aliphatic rings. The quantitative estimate of drug-likeness (QED) is 0.506. The largest absolute Gasteiger partial charge is 0.384 e. The van der Waals surface area contributed by atoms with Gasteiger partial charge in [0, 0.05) is 11.1 Å². The van der Waals surface area contributed by atoms with Gasteiger partial charge >= 0.3 is 0 Å². The molecule has 0 bridgehead atoms. The first-order valence-corrected chi connectivity index (χ1v) is 7.29. The van der Waals surface area contributed by atoms with Crippen molar-refractivity contribution in [1.29, 1.82) is 10.5 Å². The molecule has 21 heavy (non-hydrogen) atoms. The van der Waals surface area contributed by atoms with Crippen LogP contribution in [0.25, 0.3) is 11.1 Å². The Morgan fingerprint density at radius 3 is 2.48 bits per heavy atom. The predicted molar refractivity (Wildman–Crippen MR) is 86.7 cm³/mol. The van der Waals surface area contributed by atoms with Gasteiger partial charge in [0.1, 0.15) is 29.1 Å². The van der Waals surface area contributed by atoms with Gasteiger partial charge in [0.15, 0.2) is 5.82 Å². The van der Waals surface area contributed by atoms with Crippen LogP contribution in [0.5, 0.6) is 0 Å². The van der Waals surface area contributed by atoms with E-state index in [1.54, 1.807) is 28.7 Å². The van der Waals surface area contributed by atoms with Crippen molar-refractivity contribution in [3.63, 3.8) is 0 Å². The lowest BCUT2D eigenvalue weighted by molar-refractivity contribution is 0.614. The standard InChI is InChI=1S/C13H5BrFIN4O/c14-8-2-1-5(11(16)10(8)15)9-6(3-17)12(19)20-13(21)7(9)4-18/h1-2H,(H3,19,20,21). The normalized spacial score (nSPS) is 9.95. The van der Waals surface area contributed by atoms with Gasteiger partial charge in [-0.2, -0.15) is 10.5 Å². The molecule has 0 radical (unpaired) electrons. The van der Waals surface area contributed by atoms with Crippen LogP contribution in [0.2, 0.25) is 0 Å². The summed E-state index contributed by atoms with van der Waals surface area (Å²) in [5.41, 5.74) is 4.86. The molecular formula is C13H5BrFIN4O. The zero-order chi connectivity index (χ0) is 15.7. The third-order valence-corrected chi connectivity index (χ3v) is 4.44. The fourth-order valence-electron chi connectivity index (χ4n) is 1.83. The van der Waals surface area contributed by atoms with Crippen LogP contribution in [-0.4, -0.2) is 4.98 Å².